The second-order valence-corrected chi connectivity index (χ2v) is 6.86. The summed E-state index contributed by atoms with van der Waals surface area (Å²) in [5, 5.41) is 12.5. The number of benzene rings is 2. The summed E-state index contributed by atoms with van der Waals surface area (Å²) in [6.07, 6.45) is 2.23. The highest BCUT2D eigenvalue weighted by atomic mass is 35.5. The van der Waals surface area contributed by atoms with Crippen LogP contribution >= 0.6 is 11.6 Å². The summed E-state index contributed by atoms with van der Waals surface area (Å²) in [6.45, 7) is 6.39. The third kappa shape index (κ3) is 6.16. The Labute approximate surface area is 182 Å². The van der Waals surface area contributed by atoms with Crippen LogP contribution < -0.4 is 19.5 Å². The first kappa shape index (κ1) is 23.1. The summed E-state index contributed by atoms with van der Waals surface area (Å²) in [5.41, 5.74) is 1.03. The monoisotopic (exact) mass is 428 g/mol. The minimum absolute atomic E-state index is 0.0349. The molecule has 0 spiro atoms. The Hall–Kier alpha value is -3.17. The minimum Gasteiger partial charge on any atom is -0.494 e. The van der Waals surface area contributed by atoms with Gasteiger partial charge in [-0.3, -0.25) is 4.79 Å². The van der Waals surface area contributed by atoms with Crippen molar-refractivity contribution >= 4 is 29.3 Å². The van der Waals surface area contributed by atoms with Gasteiger partial charge in [0.05, 0.1) is 24.8 Å². The van der Waals surface area contributed by atoms with Gasteiger partial charge in [0.1, 0.15) is 17.4 Å². The predicted molar refractivity (Wildman–Crippen MR) is 118 cm³/mol. The number of halogens is 1. The van der Waals surface area contributed by atoms with Crippen molar-refractivity contribution in [3.8, 4) is 23.3 Å². The number of ether oxygens (including phenoxy) is 3. The first-order valence-electron chi connectivity index (χ1n) is 9.61. The van der Waals surface area contributed by atoms with Crippen molar-refractivity contribution in [2.75, 3.05) is 19.0 Å². The summed E-state index contributed by atoms with van der Waals surface area (Å²) in [5.74, 6) is 1.03. The second kappa shape index (κ2) is 11.1. The van der Waals surface area contributed by atoms with Crippen molar-refractivity contribution < 1.29 is 19.0 Å². The zero-order chi connectivity index (χ0) is 22.1. The molecular formula is C23H25ClN2O4. The summed E-state index contributed by atoms with van der Waals surface area (Å²) < 4.78 is 16.6. The molecule has 30 heavy (non-hydrogen) atoms. The third-order valence-electron chi connectivity index (χ3n) is 4.24. The van der Waals surface area contributed by atoms with Crippen molar-refractivity contribution in [2.45, 2.75) is 33.3 Å². The molecule has 7 heteroatoms. The van der Waals surface area contributed by atoms with Gasteiger partial charge in [-0.2, -0.15) is 5.26 Å². The van der Waals surface area contributed by atoms with E-state index in [0.29, 0.717) is 40.1 Å². The lowest BCUT2D eigenvalue weighted by Gasteiger charge is -2.17. The van der Waals surface area contributed by atoms with E-state index in [2.05, 4.69) is 5.32 Å². The van der Waals surface area contributed by atoms with E-state index in [1.807, 2.05) is 26.8 Å². The molecule has 0 heterocycles. The standard InChI is InChI=1S/C23H25ClN2O4/c1-5-15(3)30-22-20(24)12-16(13-21(22)28-4)11-17(14-25)23(27)26-18-7-9-19(10-8-18)29-6-2/h7-13,15H,5-6H2,1-4H3,(H,26,27)/b17-11-. The van der Waals surface area contributed by atoms with Gasteiger partial charge in [0, 0.05) is 5.69 Å². The molecule has 2 aromatic rings. The highest BCUT2D eigenvalue weighted by Gasteiger charge is 2.16. The summed E-state index contributed by atoms with van der Waals surface area (Å²) in [7, 11) is 1.51. The maximum Gasteiger partial charge on any atom is 0.266 e. The van der Waals surface area contributed by atoms with Gasteiger partial charge in [-0.05, 0) is 68.3 Å². The van der Waals surface area contributed by atoms with E-state index >= 15 is 0 Å². The number of carbonyl (C=O) groups is 1. The van der Waals surface area contributed by atoms with E-state index in [9.17, 15) is 10.1 Å². The highest BCUT2D eigenvalue weighted by molar-refractivity contribution is 6.32. The van der Waals surface area contributed by atoms with Crippen molar-refractivity contribution in [3.63, 3.8) is 0 Å². The Balaban J connectivity index is 2.24. The van der Waals surface area contributed by atoms with Crippen LogP contribution in [0.3, 0.4) is 0 Å². The smallest absolute Gasteiger partial charge is 0.266 e. The van der Waals surface area contributed by atoms with Crippen molar-refractivity contribution in [2.24, 2.45) is 0 Å². The molecule has 0 aromatic heterocycles. The van der Waals surface area contributed by atoms with Gasteiger partial charge in [-0.25, -0.2) is 0 Å². The minimum atomic E-state index is -0.531. The van der Waals surface area contributed by atoms with Crippen LogP contribution in [0.4, 0.5) is 5.69 Å². The molecule has 0 fully saturated rings. The van der Waals surface area contributed by atoms with E-state index in [1.165, 1.54) is 13.2 Å². The van der Waals surface area contributed by atoms with E-state index in [1.54, 1.807) is 36.4 Å². The number of methoxy groups -OCH3 is 1. The van der Waals surface area contributed by atoms with Crippen LogP contribution in [0, 0.1) is 11.3 Å². The van der Waals surface area contributed by atoms with Crippen LogP contribution in [0.1, 0.15) is 32.8 Å². The van der Waals surface area contributed by atoms with Crippen molar-refractivity contribution in [3.05, 3.63) is 52.6 Å². The van der Waals surface area contributed by atoms with Crippen LogP contribution in [-0.4, -0.2) is 25.7 Å². The molecule has 0 saturated carbocycles. The molecule has 1 atom stereocenters. The van der Waals surface area contributed by atoms with E-state index < -0.39 is 5.91 Å². The van der Waals surface area contributed by atoms with Crippen LogP contribution in [0.5, 0.6) is 17.2 Å². The maximum absolute atomic E-state index is 12.5. The normalized spacial score (nSPS) is 11.9. The lowest BCUT2D eigenvalue weighted by molar-refractivity contribution is -0.112. The van der Waals surface area contributed by atoms with E-state index in [4.69, 9.17) is 25.8 Å². The molecule has 158 valence electrons. The van der Waals surface area contributed by atoms with Gasteiger partial charge >= 0.3 is 0 Å². The zero-order valence-electron chi connectivity index (χ0n) is 17.5. The lowest BCUT2D eigenvalue weighted by atomic mass is 10.1. The number of nitrogens with one attached hydrogen (secondary N) is 1. The largest absolute Gasteiger partial charge is 0.494 e. The maximum atomic E-state index is 12.5. The number of hydrogen-bond donors (Lipinski definition) is 1. The Bertz CT molecular complexity index is 949. The van der Waals surface area contributed by atoms with Crippen LogP contribution in [-0.2, 0) is 4.79 Å². The van der Waals surface area contributed by atoms with Crippen molar-refractivity contribution in [1.82, 2.24) is 0 Å². The molecule has 0 aliphatic heterocycles. The molecule has 0 saturated heterocycles. The number of hydrogen-bond acceptors (Lipinski definition) is 5. The summed E-state index contributed by atoms with van der Waals surface area (Å²) in [4.78, 5) is 12.5. The predicted octanol–water partition coefficient (Wildman–Crippen LogP) is 5.47. The Kier molecular flexibility index (Phi) is 8.57. The third-order valence-corrected chi connectivity index (χ3v) is 4.53. The number of anilines is 1. The Morgan fingerprint density at radius 3 is 2.53 bits per heavy atom. The van der Waals surface area contributed by atoms with Gasteiger partial charge in [-0.1, -0.05) is 18.5 Å². The van der Waals surface area contributed by atoms with Gasteiger partial charge in [0.25, 0.3) is 5.91 Å². The first-order chi connectivity index (χ1) is 14.4. The zero-order valence-corrected chi connectivity index (χ0v) is 18.2. The molecule has 0 radical (unpaired) electrons. The SMILES string of the molecule is CCOc1ccc(NC(=O)/C(C#N)=C\c2cc(Cl)c(OC(C)CC)c(OC)c2)cc1. The average molecular weight is 429 g/mol. The van der Waals surface area contributed by atoms with Crippen molar-refractivity contribution in [1.29, 1.82) is 5.26 Å². The fourth-order valence-corrected chi connectivity index (χ4v) is 2.80. The molecule has 0 aliphatic rings. The molecule has 2 rings (SSSR count). The molecule has 2 aromatic carbocycles. The summed E-state index contributed by atoms with van der Waals surface area (Å²) in [6, 6.07) is 12.1. The van der Waals surface area contributed by atoms with Crippen LogP contribution in [0.2, 0.25) is 5.02 Å². The molecular weight excluding hydrogens is 404 g/mol. The second-order valence-electron chi connectivity index (χ2n) is 6.45. The molecule has 0 aliphatic carbocycles. The van der Waals surface area contributed by atoms with Crippen LogP contribution in [0.25, 0.3) is 6.08 Å². The first-order valence-corrected chi connectivity index (χ1v) is 9.99. The number of carbonyl (C=O) groups excluding carboxylic acids is 1. The Morgan fingerprint density at radius 1 is 1.27 bits per heavy atom. The molecule has 1 N–H and O–H groups in total. The number of amides is 1. The summed E-state index contributed by atoms with van der Waals surface area (Å²) >= 11 is 6.36. The van der Waals surface area contributed by atoms with E-state index in [0.717, 1.165) is 6.42 Å². The fourth-order valence-electron chi connectivity index (χ4n) is 2.54. The Morgan fingerprint density at radius 2 is 1.97 bits per heavy atom. The molecule has 6 nitrogen and oxygen atoms in total. The van der Waals surface area contributed by atoms with Gasteiger partial charge < -0.3 is 19.5 Å². The highest BCUT2D eigenvalue weighted by Crippen LogP contribution is 2.38. The molecule has 1 amide bonds. The van der Waals surface area contributed by atoms with Gasteiger partial charge in [0.15, 0.2) is 11.5 Å². The number of nitrogens with zero attached hydrogens (tertiary/aromatic N) is 1. The lowest BCUT2D eigenvalue weighted by Crippen LogP contribution is -2.13. The fraction of sp³-hybridized carbons (Fsp3) is 0.304. The topological polar surface area (TPSA) is 80.6 Å². The van der Waals surface area contributed by atoms with Crippen LogP contribution in [0.15, 0.2) is 42.0 Å². The van der Waals surface area contributed by atoms with Gasteiger partial charge in [-0.15, -0.1) is 0 Å². The molecule has 0 bridgehead atoms. The molecule has 1 unspecified atom stereocenters. The number of nitriles is 1. The van der Waals surface area contributed by atoms with Gasteiger partial charge in [0.2, 0.25) is 0 Å². The van der Waals surface area contributed by atoms with E-state index in [-0.39, 0.29) is 11.7 Å². The number of rotatable bonds is 9. The average Bonchev–Trinajstić information content (AvgIpc) is 2.74. The quantitative estimate of drug-likeness (QED) is 0.423.